The molecule has 7 N–H and O–H groups in total. The zero-order valence-electron chi connectivity index (χ0n) is 40.2. The molecule has 0 saturated heterocycles. The third-order valence-electron chi connectivity index (χ3n) is 12.2. The molecule has 5 rings (SSSR count). The van der Waals surface area contributed by atoms with Crippen LogP contribution in [-0.4, -0.2) is 82.9 Å². The van der Waals surface area contributed by atoms with Gasteiger partial charge in [-0.25, -0.2) is 0 Å². The van der Waals surface area contributed by atoms with Crippen molar-refractivity contribution in [3.63, 3.8) is 0 Å². The third-order valence-corrected chi connectivity index (χ3v) is 12.2. The summed E-state index contributed by atoms with van der Waals surface area (Å²) < 4.78 is 11.6. The molecule has 1 fully saturated rings. The summed E-state index contributed by atoms with van der Waals surface area (Å²) in [5, 5.41) is 3.70. The van der Waals surface area contributed by atoms with Crippen LogP contribution in [0.15, 0.2) is 67.4 Å². The van der Waals surface area contributed by atoms with Gasteiger partial charge in [0, 0.05) is 56.7 Å². The number of aldehydes is 1. The molecule has 1 aromatic heterocycles. The fraction of sp³-hybridized carbons (Fsp3) is 0.569. The molecule has 1 saturated carbocycles. The SMILES string of the molecule is C=CCCCCCCc1cc(NCC2CC2C=O)cc(-c2ccc3c(c2)C(CC(C)(C)COC)C(c2cccnc2C(C)OC)N3CC)c1.C=O.CC(C)[C@@H](C(N)=O)N(C)C.NN. The van der Waals surface area contributed by atoms with Crippen LogP contribution in [0.2, 0.25) is 0 Å². The number of hydrazine groups is 1. The summed E-state index contributed by atoms with van der Waals surface area (Å²) in [7, 11) is 7.28. The van der Waals surface area contributed by atoms with Gasteiger partial charge in [-0.15, -0.1) is 6.58 Å². The van der Waals surface area contributed by atoms with E-state index >= 15 is 0 Å². The van der Waals surface area contributed by atoms with Crippen LogP contribution in [0.5, 0.6) is 0 Å². The number of allylic oxidation sites excluding steroid dienone is 1. The number of anilines is 2. The minimum Gasteiger partial charge on any atom is -0.385 e. The van der Waals surface area contributed by atoms with Gasteiger partial charge in [-0.2, -0.15) is 0 Å². The Balaban J connectivity index is 0.000000851. The van der Waals surface area contributed by atoms with Gasteiger partial charge in [0.25, 0.3) is 0 Å². The van der Waals surface area contributed by atoms with Gasteiger partial charge in [0.2, 0.25) is 5.91 Å². The van der Waals surface area contributed by atoms with Crippen molar-refractivity contribution in [1.29, 1.82) is 0 Å². The van der Waals surface area contributed by atoms with Crippen molar-refractivity contribution >= 4 is 30.4 Å². The molecule has 0 spiro atoms. The maximum Gasteiger partial charge on any atom is 0.235 e. The molecular weight excluding hydrogens is 791 g/mol. The van der Waals surface area contributed by atoms with Crippen molar-refractivity contribution in [1.82, 2.24) is 9.88 Å². The van der Waals surface area contributed by atoms with E-state index in [1.165, 1.54) is 59.2 Å². The van der Waals surface area contributed by atoms with Gasteiger partial charge in [-0.3, -0.25) is 26.4 Å². The van der Waals surface area contributed by atoms with Crippen LogP contribution in [0.4, 0.5) is 11.4 Å². The Morgan fingerprint density at radius 1 is 1.02 bits per heavy atom. The van der Waals surface area contributed by atoms with E-state index in [0.717, 1.165) is 56.4 Å². The zero-order valence-corrected chi connectivity index (χ0v) is 40.2. The van der Waals surface area contributed by atoms with Crippen LogP contribution in [0, 0.1) is 23.2 Å². The Morgan fingerprint density at radius 3 is 2.27 bits per heavy atom. The highest BCUT2D eigenvalue weighted by Gasteiger charge is 2.43. The number of pyridine rings is 1. The second-order valence-electron chi connectivity index (χ2n) is 18.2. The molecule has 2 aromatic carbocycles. The van der Waals surface area contributed by atoms with Gasteiger partial charge in [-0.05, 0) is 142 Å². The Hall–Kier alpha value is -4.46. The first-order chi connectivity index (χ1) is 30.2. The number of hydrogen-bond donors (Lipinski definition) is 4. The summed E-state index contributed by atoms with van der Waals surface area (Å²) in [6.45, 7) is 21.3. The minimum atomic E-state index is -0.250. The molecule has 12 heteroatoms. The summed E-state index contributed by atoms with van der Waals surface area (Å²) in [6, 6.07) is 18.5. The molecule has 6 atom stereocenters. The van der Waals surface area contributed by atoms with E-state index in [-0.39, 0.29) is 47.3 Å². The van der Waals surface area contributed by atoms with E-state index in [1.54, 1.807) is 14.2 Å². The molecule has 1 aliphatic carbocycles. The molecule has 2 heterocycles. The predicted octanol–water partition coefficient (Wildman–Crippen LogP) is 8.80. The monoisotopic (exact) mass is 872 g/mol. The number of carbonyl (C=O) groups is 3. The number of carbonyl (C=O) groups excluding carboxylic acids is 3. The van der Waals surface area contributed by atoms with E-state index in [4.69, 9.17) is 25.0 Å². The van der Waals surface area contributed by atoms with E-state index in [1.807, 2.05) is 51.9 Å². The summed E-state index contributed by atoms with van der Waals surface area (Å²) in [4.78, 5) is 39.3. The number of aromatic nitrogens is 1. The van der Waals surface area contributed by atoms with Crippen LogP contribution in [0.1, 0.15) is 127 Å². The number of benzene rings is 2. The molecule has 1 aliphatic heterocycles. The zero-order chi connectivity index (χ0) is 47.3. The lowest BCUT2D eigenvalue weighted by Gasteiger charge is -2.35. The van der Waals surface area contributed by atoms with Crippen molar-refractivity contribution in [2.45, 2.75) is 117 Å². The maximum atomic E-state index is 11.3. The van der Waals surface area contributed by atoms with Crippen LogP contribution in [0.25, 0.3) is 11.1 Å². The first kappa shape index (κ1) is 54.7. The lowest BCUT2D eigenvalue weighted by molar-refractivity contribution is -0.123. The standard InChI is InChI=1S/C43H59N3O3.C7H16N2O.CH2O.H4N2/c1-8-10-11-12-13-14-16-31-21-33(24-36(22-31)45-27-34-23-35(34)28-47)32-18-19-40-38(25-32)39(26-43(4,5)29-48-6)42(46(40)9-2)37-17-15-20-44-41(37)30(3)49-7;1-5(2)6(7(8)10)9(3)4;2*1-2/h8,15,17-22,24-25,28,30,34-35,39,42,45H,1,9-14,16,23,26-27,29H2,2-7H3;5-6H,1-4H3,(H2,8,10);1H2;1-2H2/t;6-;;/m.0../s1. The number of nitrogens with zero attached hydrogens (tertiary/aromatic N) is 3. The Labute approximate surface area is 379 Å². The number of methoxy groups -OCH3 is 2. The first-order valence-electron chi connectivity index (χ1n) is 22.6. The summed E-state index contributed by atoms with van der Waals surface area (Å²) >= 11 is 0. The highest BCUT2D eigenvalue weighted by Crippen LogP contribution is 2.54. The maximum absolute atomic E-state index is 11.3. The number of aryl methyl sites for hydroxylation is 1. The van der Waals surface area contributed by atoms with E-state index in [2.05, 4.69) is 105 Å². The number of amides is 1. The van der Waals surface area contributed by atoms with Crippen molar-refractivity contribution < 1.29 is 23.9 Å². The quantitative estimate of drug-likeness (QED) is 0.0235. The topological polar surface area (TPSA) is 179 Å². The second kappa shape index (κ2) is 27.7. The molecule has 0 radical (unpaired) electrons. The van der Waals surface area contributed by atoms with Gasteiger partial charge in [0.15, 0.2) is 0 Å². The number of fused-ring (bicyclic) bond motifs is 1. The number of rotatable bonds is 23. The van der Waals surface area contributed by atoms with Gasteiger partial charge < -0.3 is 35.0 Å². The minimum absolute atomic E-state index is 0.0190. The highest BCUT2D eigenvalue weighted by molar-refractivity contribution is 5.80. The smallest absolute Gasteiger partial charge is 0.235 e. The van der Waals surface area contributed by atoms with Crippen LogP contribution < -0.4 is 27.6 Å². The number of likely N-dealkylation sites (N-methyl/N-ethyl adjacent to an activating group) is 2. The van der Waals surface area contributed by atoms with E-state index < -0.39 is 0 Å². The summed E-state index contributed by atoms with van der Waals surface area (Å²) in [5.74, 6) is 8.94. The molecule has 12 nitrogen and oxygen atoms in total. The fourth-order valence-corrected chi connectivity index (χ4v) is 9.16. The normalized spacial score (nSPS) is 18.4. The fourth-order valence-electron chi connectivity index (χ4n) is 9.16. The van der Waals surface area contributed by atoms with Gasteiger partial charge in [0.05, 0.1) is 30.5 Å². The largest absolute Gasteiger partial charge is 0.385 e. The predicted molar refractivity (Wildman–Crippen MR) is 260 cm³/mol. The number of nitrogens with two attached hydrogens (primary N) is 3. The summed E-state index contributed by atoms with van der Waals surface area (Å²) in [6.07, 6.45) is 13.9. The number of nitrogens with one attached hydrogen (secondary N) is 1. The molecule has 1 amide bonds. The van der Waals surface area contributed by atoms with Crippen LogP contribution in [-0.2, 0) is 30.3 Å². The number of unbranched alkanes of at least 4 members (excludes halogenated alkanes) is 4. The molecule has 63 heavy (non-hydrogen) atoms. The van der Waals surface area contributed by atoms with Gasteiger partial charge in [-0.1, -0.05) is 64.8 Å². The highest BCUT2D eigenvalue weighted by atomic mass is 16.5. The van der Waals surface area contributed by atoms with Crippen molar-refractivity contribution in [2.75, 3.05) is 58.2 Å². The van der Waals surface area contributed by atoms with E-state index in [0.29, 0.717) is 12.5 Å². The lowest BCUT2D eigenvalue weighted by Crippen LogP contribution is -2.43. The Kier molecular flexibility index (Phi) is 24.0. The van der Waals surface area contributed by atoms with Gasteiger partial charge >= 0.3 is 0 Å². The average molecular weight is 872 g/mol. The number of primary amides is 1. The lowest BCUT2D eigenvalue weighted by atomic mass is 9.76. The Bertz CT molecular complexity index is 1830. The second-order valence-corrected chi connectivity index (χ2v) is 18.2. The molecule has 5 unspecified atom stereocenters. The Morgan fingerprint density at radius 2 is 1.71 bits per heavy atom. The third kappa shape index (κ3) is 15.9. The van der Waals surface area contributed by atoms with Crippen LogP contribution in [0.3, 0.4) is 0 Å². The van der Waals surface area contributed by atoms with Crippen LogP contribution >= 0.6 is 0 Å². The van der Waals surface area contributed by atoms with Crippen molar-refractivity contribution in [3.8, 4) is 11.1 Å². The average Bonchev–Trinajstić information content (AvgIpc) is 3.98. The molecule has 350 valence electrons. The molecule has 0 bridgehead atoms. The molecule has 3 aromatic rings. The van der Waals surface area contributed by atoms with Gasteiger partial charge in [0.1, 0.15) is 13.1 Å². The molecule has 2 aliphatic rings. The van der Waals surface area contributed by atoms with E-state index in [9.17, 15) is 9.59 Å². The molecular formula is C51H81N7O5. The first-order valence-corrected chi connectivity index (χ1v) is 22.6. The number of hydrogen-bond acceptors (Lipinski definition) is 11. The van der Waals surface area contributed by atoms with Crippen molar-refractivity contribution in [3.05, 3.63) is 89.8 Å². The number of ether oxygens (including phenoxy) is 2. The summed E-state index contributed by atoms with van der Waals surface area (Å²) in [5.41, 5.74) is 15.1. The van der Waals surface area contributed by atoms with Crippen molar-refractivity contribution in [2.24, 2.45) is 40.6 Å².